The van der Waals surface area contributed by atoms with E-state index in [2.05, 4.69) is 10.2 Å². The Morgan fingerprint density at radius 2 is 2.45 bits per heavy atom. The first-order valence-corrected chi connectivity index (χ1v) is 3.23. The van der Waals surface area contributed by atoms with Crippen molar-refractivity contribution in [3.8, 4) is 5.75 Å². The van der Waals surface area contributed by atoms with E-state index in [4.69, 9.17) is 4.74 Å². The van der Waals surface area contributed by atoms with E-state index < -0.39 is 0 Å². The molecule has 0 fully saturated rings. The molecule has 0 aliphatic heterocycles. The summed E-state index contributed by atoms with van der Waals surface area (Å²) in [6.45, 7) is 0. The monoisotopic (exact) mass is 149 g/mol. The molecular weight excluding hydrogens is 142 g/mol. The summed E-state index contributed by atoms with van der Waals surface area (Å²) in [4.78, 5) is 0. The normalized spacial score (nSPS) is 10.3. The smallest absolute Gasteiger partial charge is 0.164 e. The summed E-state index contributed by atoms with van der Waals surface area (Å²) >= 11 is 0. The molecule has 2 heterocycles. The van der Waals surface area contributed by atoms with Gasteiger partial charge in [0.05, 0.1) is 7.11 Å². The van der Waals surface area contributed by atoms with Crippen LogP contribution in [0.25, 0.3) is 5.65 Å². The highest BCUT2D eigenvalue weighted by Gasteiger charge is 1.95. The van der Waals surface area contributed by atoms with E-state index in [1.165, 1.54) is 0 Å². The van der Waals surface area contributed by atoms with Crippen LogP contribution in [0, 0.1) is 0 Å². The molecule has 0 spiro atoms. The quantitative estimate of drug-likeness (QED) is 0.600. The van der Waals surface area contributed by atoms with Gasteiger partial charge in [0.1, 0.15) is 12.1 Å². The van der Waals surface area contributed by atoms with Gasteiger partial charge in [0.2, 0.25) is 0 Å². The zero-order valence-electron chi connectivity index (χ0n) is 6.06. The van der Waals surface area contributed by atoms with Crippen LogP contribution < -0.4 is 4.74 Å². The van der Waals surface area contributed by atoms with Gasteiger partial charge in [0.15, 0.2) is 5.65 Å². The third-order valence-electron chi connectivity index (χ3n) is 1.51. The van der Waals surface area contributed by atoms with Crippen molar-refractivity contribution >= 4 is 5.65 Å². The van der Waals surface area contributed by atoms with Gasteiger partial charge < -0.3 is 4.74 Å². The number of nitrogens with zero attached hydrogens (tertiary/aromatic N) is 3. The van der Waals surface area contributed by atoms with E-state index >= 15 is 0 Å². The van der Waals surface area contributed by atoms with Crippen LogP contribution in [0.4, 0.5) is 0 Å². The summed E-state index contributed by atoms with van der Waals surface area (Å²) in [6.07, 6.45) is 3.50. The summed E-state index contributed by atoms with van der Waals surface area (Å²) in [5.74, 6) is 0.797. The van der Waals surface area contributed by atoms with Crippen molar-refractivity contribution in [1.29, 1.82) is 0 Å². The molecule has 2 aromatic heterocycles. The Bertz CT molecular complexity index is 368. The van der Waals surface area contributed by atoms with E-state index in [1.54, 1.807) is 13.4 Å². The molecular formula is C7H7N3O. The number of hydrogen-bond donors (Lipinski definition) is 0. The Hall–Kier alpha value is -1.58. The molecule has 0 amide bonds. The van der Waals surface area contributed by atoms with Gasteiger partial charge in [-0.1, -0.05) is 0 Å². The number of ether oxygens (including phenoxy) is 1. The lowest BCUT2D eigenvalue weighted by Gasteiger charge is -1.97. The average Bonchev–Trinajstić information content (AvgIpc) is 2.50. The number of methoxy groups -OCH3 is 1. The van der Waals surface area contributed by atoms with Gasteiger partial charge in [-0.3, -0.25) is 4.40 Å². The van der Waals surface area contributed by atoms with Crippen LogP contribution in [-0.2, 0) is 0 Å². The lowest BCUT2D eigenvalue weighted by Crippen LogP contribution is -1.85. The average molecular weight is 149 g/mol. The minimum absolute atomic E-state index is 0.796. The van der Waals surface area contributed by atoms with Crippen molar-refractivity contribution in [2.45, 2.75) is 0 Å². The topological polar surface area (TPSA) is 39.4 Å². The van der Waals surface area contributed by atoms with E-state index in [1.807, 2.05) is 22.7 Å². The molecule has 11 heavy (non-hydrogen) atoms. The predicted octanol–water partition coefficient (Wildman–Crippen LogP) is 0.738. The summed E-state index contributed by atoms with van der Waals surface area (Å²) in [6, 6.07) is 3.68. The number of aromatic nitrogens is 3. The van der Waals surface area contributed by atoms with Crippen LogP contribution in [0.2, 0.25) is 0 Å². The van der Waals surface area contributed by atoms with Crippen molar-refractivity contribution in [2.24, 2.45) is 0 Å². The second kappa shape index (κ2) is 2.23. The van der Waals surface area contributed by atoms with Crippen LogP contribution in [-0.4, -0.2) is 21.7 Å². The van der Waals surface area contributed by atoms with E-state index in [9.17, 15) is 0 Å². The third kappa shape index (κ3) is 0.920. The van der Waals surface area contributed by atoms with Crippen LogP contribution in [0.15, 0.2) is 24.7 Å². The molecule has 2 aromatic rings. The van der Waals surface area contributed by atoms with Gasteiger partial charge in [-0.05, 0) is 6.07 Å². The largest absolute Gasteiger partial charge is 0.497 e. The fourth-order valence-corrected chi connectivity index (χ4v) is 0.926. The Morgan fingerprint density at radius 3 is 3.27 bits per heavy atom. The first kappa shape index (κ1) is 6.15. The van der Waals surface area contributed by atoms with Gasteiger partial charge in [-0.2, -0.15) is 0 Å². The Morgan fingerprint density at radius 1 is 1.55 bits per heavy atom. The summed E-state index contributed by atoms with van der Waals surface area (Å²) in [5, 5.41) is 7.59. The van der Waals surface area contributed by atoms with Crippen LogP contribution in [0.1, 0.15) is 0 Å². The fraction of sp³-hybridized carbons (Fsp3) is 0.143. The lowest BCUT2D eigenvalue weighted by molar-refractivity contribution is 0.414. The van der Waals surface area contributed by atoms with Gasteiger partial charge >= 0.3 is 0 Å². The molecule has 4 heteroatoms. The Kier molecular flexibility index (Phi) is 1.25. The minimum atomic E-state index is 0.796. The highest BCUT2D eigenvalue weighted by atomic mass is 16.5. The number of fused-ring (bicyclic) bond motifs is 1. The zero-order valence-corrected chi connectivity index (χ0v) is 6.06. The van der Waals surface area contributed by atoms with Crippen molar-refractivity contribution < 1.29 is 4.74 Å². The lowest BCUT2D eigenvalue weighted by atomic mass is 10.4. The van der Waals surface area contributed by atoms with Crippen molar-refractivity contribution in [2.75, 3.05) is 7.11 Å². The number of pyridine rings is 1. The number of hydrogen-bond acceptors (Lipinski definition) is 3. The highest BCUT2D eigenvalue weighted by Crippen LogP contribution is 2.10. The maximum absolute atomic E-state index is 5.01. The fourth-order valence-electron chi connectivity index (χ4n) is 0.926. The van der Waals surface area contributed by atoms with Crippen LogP contribution in [0.3, 0.4) is 0 Å². The van der Waals surface area contributed by atoms with Gasteiger partial charge in [0.25, 0.3) is 0 Å². The Labute approximate surface area is 63.4 Å². The zero-order chi connectivity index (χ0) is 7.68. The first-order chi connectivity index (χ1) is 5.40. The maximum atomic E-state index is 5.01. The molecule has 0 radical (unpaired) electrons. The molecule has 0 aliphatic rings. The highest BCUT2D eigenvalue weighted by molar-refractivity contribution is 5.42. The minimum Gasteiger partial charge on any atom is -0.497 e. The van der Waals surface area contributed by atoms with E-state index in [0.717, 1.165) is 11.4 Å². The molecule has 0 aliphatic carbocycles. The van der Waals surface area contributed by atoms with Gasteiger partial charge in [0, 0.05) is 12.3 Å². The molecule has 0 atom stereocenters. The molecule has 0 saturated carbocycles. The van der Waals surface area contributed by atoms with Gasteiger partial charge in [-0.15, -0.1) is 10.2 Å². The number of rotatable bonds is 1. The molecule has 0 unspecified atom stereocenters. The van der Waals surface area contributed by atoms with Crippen molar-refractivity contribution in [1.82, 2.24) is 14.6 Å². The van der Waals surface area contributed by atoms with Crippen molar-refractivity contribution in [3.05, 3.63) is 24.7 Å². The van der Waals surface area contributed by atoms with E-state index in [0.29, 0.717) is 0 Å². The molecule has 0 bridgehead atoms. The SMILES string of the molecule is COc1ccn2cnnc2c1. The standard InChI is InChI=1S/C7H7N3O/c1-11-6-2-3-10-5-8-9-7(10)4-6/h2-5H,1H3. The molecule has 0 N–H and O–H groups in total. The Balaban J connectivity index is 2.67. The molecule has 2 rings (SSSR count). The third-order valence-corrected chi connectivity index (χ3v) is 1.51. The molecule has 0 saturated heterocycles. The second-order valence-electron chi connectivity index (χ2n) is 2.16. The van der Waals surface area contributed by atoms with Crippen LogP contribution >= 0.6 is 0 Å². The first-order valence-electron chi connectivity index (χ1n) is 3.23. The summed E-state index contributed by atoms with van der Waals surface area (Å²) < 4.78 is 6.83. The molecule has 0 aromatic carbocycles. The molecule has 56 valence electrons. The summed E-state index contributed by atoms with van der Waals surface area (Å²) in [5.41, 5.74) is 0.796. The van der Waals surface area contributed by atoms with Crippen molar-refractivity contribution in [3.63, 3.8) is 0 Å². The maximum Gasteiger partial charge on any atom is 0.164 e. The summed E-state index contributed by atoms with van der Waals surface area (Å²) in [7, 11) is 1.63. The second-order valence-corrected chi connectivity index (χ2v) is 2.16. The van der Waals surface area contributed by atoms with Crippen LogP contribution in [0.5, 0.6) is 5.75 Å². The van der Waals surface area contributed by atoms with E-state index in [-0.39, 0.29) is 0 Å². The van der Waals surface area contributed by atoms with Gasteiger partial charge in [-0.25, -0.2) is 0 Å². The predicted molar refractivity (Wildman–Crippen MR) is 39.5 cm³/mol. The molecule has 4 nitrogen and oxygen atoms in total.